The van der Waals surface area contributed by atoms with Crippen molar-refractivity contribution < 1.29 is 14.3 Å². The molecule has 9 heteroatoms. The van der Waals surface area contributed by atoms with Crippen LogP contribution in [0.3, 0.4) is 0 Å². The summed E-state index contributed by atoms with van der Waals surface area (Å²) in [5.41, 5.74) is 8.46. The molecule has 0 saturated carbocycles. The van der Waals surface area contributed by atoms with Crippen molar-refractivity contribution in [3.63, 3.8) is 0 Å². The van der Waals surface area contributed by atoms with E-state index in [0.29, 0.717) is 31.2 Å². The van der Waals surface area contributed by atoms with Crippen molar-refractivity contribution in [3.05, 3.63) is 66.5 Å². The van der Waals surface area contributed by atoms with Crippen LogP contribution in [0.2, 0.25) is 0 Å². The molecule has 6 rings (SSSR count). The predicted molar refractivity (Wildman–Crippen MR) is 143 cm³/mol. The Morgan fingerprint density at radius 1 is 1.11 bits per heavy atom. The van der Waals surface area contributed by atoms with Crippen LogP contribution in [0, 0.1) is 11.8 Å². The zero-order valence-electron chi connectivity index (χ0n) is 21.3. The van der Waals surface area contributed by atoms with Gasteiger partial charge in [0.05, 0.1) is 36.9 Å². The summed E-state index contributed by atoms with van der Waals surface area (Å²) in [6.07, 6.45) is 3.59. The number of piperazine rings is 1. The second kappa shape index (κ2) is 10.2. The standard InChI is InChI=1S/C29H28N6O3/c1-3-7-26(36)33-12-14-34(15-13-33)32-24-19-38-25-16-21(10-11-23(24)25)27-28(20-8-5-4-6-9-20)35-18-22(37-2)17-30-29(35)31-27/h4-6,8-11,16-18,24,32H,12-15,19H2,1-2H3. The van der Waals surface area contributed by atoms with Gasteiger partial charge in [0.2, 0.25) is 5.78 Å². The first-order chi connectivity index (χ1) is 18.6. The molecule has 38 heavy (non-hydrogen) atoms. The van der Waals surface area contributed by atoms with Gasteiger partial charge in [-0.3, -0.25) is 9.20 Å². The number of nitrogens with one attached hydrogen (secondary N) is 1. The number of fused-ring (bicyclic) bond motifs is 2. The molecule has 1 fully saturated rings. The first kappa shape index (κ1) is 24.0. The number of hydrazine groups is 1. The number of imidazole rings is 1. The molecule has 1 N–H and O–H groups in total. The van der Waals surface area contributed by atoms with Crippen LogP contribution in [0.1, 0.15) is 18.5 Å². The van der Waals surface area contributed by atoms with Crippen LogP contribution < -0.4 is 14.9 Å². The van der Waals surface area contributed by atoms with Crippen molar-refractivity contribution in [2.45, 2.75) is 13.0 Å². The molecule has 1 saturated heterocycles. The molecule has 2 aliphatic rings. The van der Waals surface area contributed by atoms with Crippen LogP contribution in [-0.2, 0) is 4.79 Å². The number of carbonyl (C=O) groups is 1. The Kier molecular flexibility index (Phi) is 6.42. The topological polar surface area (TPSA) is 84.2 Å². The molecule has 1 unspecified atom stereocenters. The van der Waals surface area contributed by atoms with E-state index in [1.54, 1.807) is 25.1 Å². The molecule has 9 nitrogen and oxygen atoms in total. The normalized spacial score (nSPS) is 17.0. The SMILES string of the molecule is CC#CC(=O)N1CCN(NC2COc3cc(-c4nc5ncc(OC)cn5c4-c4ccccc4)ccc32)CC1. The number of ether oxygens (including phenoxy) is 2. The van der Waals surface area contributed by atoms with Gasteiger partial charge in [0.15, 0.2) is 5.75 Å². The number of hydrogen-bond acceptors (Lipinski definition) is 7. The molecule has 0 bridgehead atoms. The number of nitrogens with zero attached hydrogens (tertiary/aromatic N) is 5. The van der Waals surface area contributed by atoms with E-state index in [0.717, 1.165) is 46.9 Å². The van der Waals surface area contributed by atoms with E-state index in [4.69, 9.17) is 14.5 Å². The lowest BCUT2D eigenvalue weighted by Crippen LogP contribution is -2.54. The smallest absolute Gasteiger partial charge is 0.298 e. The van der Waals surface area contributed by atoms with Gasteiger partial charge in [0.1, 0.15) is 12.4 Å². The van der Waals surface area contributed by atoms with E-state index in [1.165, 1.54) is 0 Å². The van der Waals surface area contributed by atoms with Crippen molar-refractivity contribution >= 4 is 11.7 Å². The lowest BCUT2D eigenvalue weighted by Gasteiger charge is -2.35. The minimum atomic E-state index is -0.107. The molecular formula is C29H28N6O3. The third-order valence-electron chi connectivity index (χ3n) is 6.94. The summed E-state index contributed by atoms with van der Waals surface area (Å²) >= 11 is 0. The van der Waals surface area contributed by atoms with E-state index < -0.39 is 0 Å². The van der Waals surface area contributed by atoms with Gasteiger partial charge in [0.25, 0.3) is 5.91 Å². The summed E-state index contributed by atoms with van der Waals surface area (Å²) in [4.78, 5) is 23.2. The van der Waals surface area contributed by atoms with Gasteiger partial charge in [-0.15, -0.1) is 0 Å². The molecule has 4 heterocycles. The second-order valence-electron chi connectivity index (χ2n) is 9.24. The molecule has 0 aliphatic carbocycles. The number of amides is 1. The Morgan fingerprint density at radius 2 is 1.92 bits per heavy atom. The first-order valence-corrected chi connectivity index (χ1v) is 12.6. The van der Waals surface area contributed by atoms with Crippen molar-refractivity contribution in [1.82, 2.24) is 29.7 Å². The van der Waals surface area contributed by atoms with Gasteiger partial charge < -0.3 is 14.4 Å². The van der Waals surface area contributed by atoms with Crippen LogP contribution in [0.25, 0.3) is 28.3 Å². The van der Waals surface area contributed by atoms with Crippen LogP contribution >= 0.6 is 0 Å². The van der Waals surface area contributed by atoms with E-state index in [2.05, 4.69) is 57.6 Å². The zero-order chi connectivity index (χ0) is 26.1. The number of rotatable bonds is 5. The maximum atomic E-state index is 12.0. The Hall–Kier alpha value is -4.39. The number of methoxy groups -OCH3 is 1. The molecule has 4 aromatic rings. The Bertz CT molecular complexity index is 1550. The summed E-state index contributed by atoms with van der Waals surface area (Å²) in [6, 6.07) is 16.5. The molecule has 192 valence electrons. The quantitative estimate of drug-likeness (QED) is 0.415. The molecule has 0 radical (unpaired) electrons. The van der Waals surface area contributed by atoms with Crippen molar-refractivity contribution in [2.75, 3.05) is 39.9 Å². The Morgan fingerprint density at radius 3 is 2.68 bits per heavy atom. The summed E-state index contributed by atoms with van der Waals surface area (Å²) in [5, 5.41) is 2.16. The largest absolute Gasteiger partial charge is 0.494 e. The average molecular weight is 509 g/mol. The van der Waals surface area contributed by atoms with Gasteiger partial charge in [-0.2, -0.15) is 0 Å². The molecule has 1 amide bonds. The highest BCUT2D eigenvalue weighted by atomic mass is 16.5. The number of hydrogen-bond donors (Lipinski definition) is 1. The monoisotopic (exact) mass is 508 g/mol. The van der Waals surface area contributed by atoms with E-state index in [-0.39, 0.29) is 11.9 Å². The summed E-state index contributed by atoms with van der Waals surface area (Å²) in [7, 11) is 1.63. The summed E-state index contributed by atoms with van der Waals surface area (Å²) < 4.78 is 13.5. The fourth-order valence-corrected chi connectivity index (χ4v) is 5.00. The van der Waals surface area contributed by atoms with E-state index >= 15 is 0 Å². The average Bonchev–Trinajstić information content (AvgIpc) is 3.54. The van der Waals surface area contributed by atoms with Crippen molar-refractivity contribution in [3.8, 4) is 45.9 Å². The molecule has 2 aromatic heterocycles. The Labute approximate surface area is 221 Å². The molecule has 2 aromatic carbocycles. The lowest BCUT2D eigenvalue weighted by molar-refractivity contribution is -0.127. The van der Waals surface area contributed by atoms with Gasteiger partial charge in [0, 0.05) is 42.9 Å². The third kappa shape index (κ3) is 4.45. The fraction of sp³-hybridized carbons (Fsp3) is 0.276. The summed E-state index contributed by atoms with van der Waals surface area (Å²) in [5.74, 6) is 7.31. The highest BCUT2D eigenvalue weighted by Crippen LogP contribution is 2.39. The number of benzene rings is 2. The maximum absolute atomic E-state index is 12.0. The lowest BCUT2D eigenvalue weighted by atomic mass is 10.0. The fourth-order valence-electron chi connectivity index (χ4n) is 5.00. The molecule has 2 aliphatic heterocycles. The first-order valence-electron chi connectivity index (χ1n) is 12.6. The van der Waals surface area contributed by atoms with Gasteiger partial charge in [-0.05, 0) is 18.9 Å². The highest BCUT2D eigenvalue weighted by molar-refractivity contribution is 5.93. The third-order valence-corrected chi connectivity index (χ3v) is 6.94. The van der Waals surface area contributed by atoms with Gasteiger partial charge >= 0.3 is 0 Å². The van der Waals surface area contributed by atoms with E-state index in [1.807, 2.05) is 28.8 Å². The minimum Gasteiger partial charge on any atom is -0.494 e. The van der Waals surface area contributed by atoms with Crippen LogP contribution in [0.15, 0.2) is 60.9 Å². The van der Waals surface area contributed by atoms with Crippen molar-refractivity contribution in [1.29, 1.82) is 0 Å². The number of aromatic nitrogens is 3. The van der Waals surface area contributed by atoms with Crippen LogP contribution in [-0.4, -0.2) is 70.1 Å². The molecule has 1 atom stereocenters. The highest BCUT2D eigenvalue weighted by Gasteiger charge is 2.29. The Balaban J connectivity index is 1.26. The second-order valence-corrected chi connectivity index (χ2v) is 9.24. The maximum Gasteiger partial charge on any atom is 0.298 e. The van der Waals surface area contributed by atoms with E-state index in [9.17, 15) is 4.79 Å². The van der Waals surface area contributed by atoms with Crippen molar-refractivity contribution in [2.24, 2.45) is 0 Å². The molecule has 0 spiro atoms. The minimum absolute atomic E-state index is 0.0392. The van der Waals surface area contributed by atoms with Gasteiger partial charge in [-0.1, -0.05) is 48.4 Å². The predicted octanol–water partition coefficient (Wildman–Crippen LogP) is 3.18. The van der Waals surface area contributed by atoms with Crippen LogP contribution in [0.4, 0.5) is 0 Å². The molecular weight excluding hydrogens is 480 g/mol. The zero-order valence-corrected chi connectivity index (χ0v) is 21.3. The number of carbonyl (C=O) groups excluding carboxylic acids is 1. The summed E-state index contributed by atoms with van der Waals surface area (Å²) in [6.45, 7) is 4.99. The van der Waals surface area contributed by atoms with Gasteiger partial charge in [-0.25, -0.2) is 20.4 Å². The van der Waals surface area contributed by atoms with Crippen LogP contribution in [0.5, 0.6) is 11.5 Å².